The molecule has 104 valence electrons. The summed E-state index contributed by atoms with van der Waals surface area (Å²) in [5.74, 6) is 0.962. The van der Waals surface area contributed by atoms with Gasteiger partial charge in [-0.05, 0) is 68.4 Å². The minimum absolute atomic E-state index is 0.539. The molecule has 2 saturated carbocycles. The number of rotatable bonds is 2. The lowest BCUT2D eigenvalue weighted by molar-refractivity contribution is 0.114. The predicted octanol–water partition coefficient (Wildman–Crippen LogP) is 2.93. The number of hydrogen-bond acceptors (Lipinski definition) is 2. The van der Waals surface area contributed by atoms with Crippen molar-refractivity contribution in [3.8, 4) is 0 Å². The van der Waals surface area contributed by atoms with Crippen LogP contribution in [-0.2, 0) is 0 Å². The number of fused-ring (bicyclic) bond motifs is 2. The molecule has 4 unspecified atom stereocenters. The van der Waals surface area contributed by atoms with Crippen LogP contribution in [0, 0.1) is 16.7 Å². The zero-order valence-corrected chi connectivity index (χ0v) is 12.4. The summed E-state index contributed by atoms with van der Waals surface area (Å²) in [4.78, 5) is 0. The Morgan fingerprint density at radius 1 is 1.06 bits per heavy atom. The third kappa shape index (κ3) is 1.84. The first-order valence-corrected chi connectivity index (χ1v) is 8.01. The van der Waals surface area contributed by atoms with Crippen molar-refractivity contribution in [1.29, 1.82) is 0 Å². The smallest absolute Gasteiger partial charge is 0.0131 e. The standard InChI is InChI=1S/C16H30N2/c1-15(2)12-6-8-16(15,3)14(11-12)18-13-5-4-9-17-10-7-13/h12-14,17-18H,4-11H2,1-3H3. The summed E-state index contributed by atoms with van der Waals surface area (Å²) in [7, 11) is 0. The van der Waals surface area contributed by atoms with Crippen LogP contribution in [0.1, 0.15) is 59.3 Å². The quantitative estimate of drug-likeness (QED) is 0.787. The fraction of sp³-hybridized carbons (Fsp3) is 1.00. The summed E-state index contributed by atoms with van der Waals surface area (Å²) >= 11 is 0. The Hall–Kier alpha value is -0.0800. The lowest BCUT2D eigenvalue weighted by Gasteiger charge is -2.41. The first-order valence-electron chi connectivity index (χ1n) is 8.01. The monoisotopic (exact) mass is 250 g/mol. The third-order valence-electron chi connectivity index (χ3n) is 6.81. The van der Waals surface area contributed by atoms with Crippen LogP contribution in [0.5, 0.6) is 0 Å². The first kappa shape index (κ1) is 12.9. The van der Waals surface area contributed by atoms with Gasteiger partial charge in [0.15, 0.2) is 0 Å². The van der Waals surface area contributed by atoms with Gasteiger partial charge in [-0.15, -0.1) is 0 Å². The average Bonchev–Trinajstić information content (AvgIpc) is 2.62. The van der Waals surface area contributed by atoms with Gasteiger partial charge in [0, 0.05) is 12.1 Å². The molecule has 1 saturated heterocycles. The summed E-state index contributed by atoms with van der Waals surface area (Å²) in [6.07, 6.45) is 8.35. The highest BCUT2D eigenvalue weighted by molar-refractivity contribution is 5.13. The molecule has 2 bridgehead atoms. The fourth-order valence-corrected chi connectivity index (χ4v) is 4.93. The number of hydrogen-bond donors (Lipinski definition) is 2. The SMILES string of the molecule is CC1(C)C2CCC1(C)C(NC1CCCNCC1)C2. The maximum Gasteiger partial charge on any atom is 0.0131 e. The Morgan fingerprint density at radius 2 is 1.89 bits per heavy atom. The summed E-state index contributed by atoms with van der Waals surface area (Å²) in [6.45, 7) is 10.00. The second-order valence-corrected chi connectivity index (χ2v) is 7.71. The molecule has 4 atom stereocenters. The molecule has 0 radical (unpaired) electrons. The molecule has 0 aromatic rings. The lowest BCUT2D eigenvalue weighted by Crippen LogP contribution is -2.48. The molecule has 2 N–H and O–H groups in total. The van der Waals surface area contributed by atoms with Crippen LogP contribution in [0.15, 0.2) is 0 Å². The average molecular weight is 250 g/mol. The summed E-state index contributed by atoms with van der Waals surface area (Å²) in [5, 5.41) is 7.57. The lowest BCUT2D eigenvalue weighted by atomic mass is 9.69. The van der Waals surface area contributed by atoms with E-state index in [1.165, 1.54) is 51.6 Å². The molecule has 1 heterocycles. The van der Waals surface area contributed by atoms with Crippen LogP contribution in [0.25, 0.3) is 0 Å². The predicted molar refractivity (Wildman–Crippen MR) is 76.7 cm³/mol. The van der Waals surface area contributed by atoms with Crippen molar-refractivity contribution in [2.75, 3.05) is 13.1 Å². The molecule has 0 spiro atoms. The van der Waals surface area contributed by atoms with Crippen LogP contribution in [-0.4, -0.2) is 25.2 Å². The van der Waals surface area contributed by atoms with Gasteiger partial charge in [-0.1, -0.05) is 20.8 Å². The molecule has 18 heavy (non-hydrogen) atoms. The topological polar surface area (TPSA) is 24.1 Å². The molecule has 3 fully saturated rings. The van der Waals surface area contributed by atoms with Gasteiger partial charge < -0.3 is 10.6 Å². The van der Waals surface area contributed by atoms with E-state index in [-0.39, 0.29) is 0 Å². The van der Waals surface area contributed by atoms with Gasteiger partial charge >= 0.3 is 0 Å². The first-order chi connectivity index (χ1) is 8.54. The molecule has 3 aliphatic rings. The zero-order chi connectivity index (χ0) is 12.8. The Kier molecular flexibility index (Phi) is 3.22. The van der Waals surface area contributed by atoms with Gasteiger partial charge in [0.25, 0.3) is 0 Å². The van der Waals surface area contributed by atoms with Crippen molar-refractivity contribution in [3.63, 3.8) is 0 Å². The van der Waals surface area contributed by atoms with E-state index in [1.807, 2.05) is 0 Å². The molecule has 3 rings (SSSR count). The largest absolute Gasteiger partial charge is 0.317 e. The van der Waals surface area contributed by atoms with Crippen LogP contribution in [0.2, 0.25) is 0 Å². The van der Waals surface area contributed by atoms with Crippen LogP contribution >= 0.6 is 0 Å². The molecule has 2 heteroatoms. The second-order valence-electron chi connectivity index (χ2n) is 7.71. The van der Waals surface area contributed by atoms with Gasteiger partial charge in [-0.2, -0.15) is 0 Å². The molecule has 2 nitrogen and oxygen atoms in total. The Morgan fingerprint density at radius 3 is 2.56 bits per heavy atom. The van der Waals surface area contributed by atoms with Crippen LogP contribution in [0.3, 0.4) is 0 Å². The van der Waals surface area contributed by atoms with E-state index < -0.39 is 0 Å². The summed E-state index contributed by atoms with van der Waals surface area (Å²) in [6, 6.07) is 1.53. The molecule has 2 aliphatic carbocycles. The van der Waals surface area contributed by atoms with Crippen LogP contribution < -0.4 is 10.6 Å². The zero-order valence-electron chi connectivity index (χ0n) is 12.4. The van der Waals surface area contributed by atoms with Gasteiger partial charge in [0.1, 0.15) is 0 Å². The van der Waals surface area contributed by atoms with E-state index in [9.17, 15) is 0 Å². The summed E-state index contributed by atoms with van der Waals surface area (Å²) < 4.78 is 0. The minimum atomic E-state index is 0.539. The van der Waals surface area contributed by atoms with Crippen molar-refractivity contribution in [2.24, 2.45) is 16.7 Å². The van der Waals surface area contributed by atoms with Gasteiger partial charge in [-0.3, -0.25) is 0 Å². The molecular weight excluding hydrogens is 220 g/mol. The van der Waals surface area contributed by atoms with E-state index in [0.29, 0.717) is 10.8 Å². The maximum absolute atomic E-state index is 4.05. The highest BCUT2D eigenvalue weighted by Gasteiger charge is 2.61. The van der Waals surface area contributed by atoms with Crippen molar-refractivity contribution >= 4 is 0 Å². The minimum Gasteiger partial charge on any atom is -0.317 e. The Labute approximate surface area is 112 Å². The van der Waals surface area contributed by atoms with E-state index >= 15 is 0 Å². The molecule has 0 amide bonds. The normalized spacial score (nSPS) is 47.2. The second kappa shape index (κ2) is 4.49. The van der Waals surface area contributed by atoms with Crippen molar-refractivity contribution in [3.05, 3.63) is 0 Å². The highest BCUT2D eigenvalue weighted by Crippen LogP contribution is 2.65. The van der Waals surface area contributed by atoms with Gasteiger partial charge in [0.05, 0.1) is 0 Å². The maximum atomic E-state index is 4.05. The Bertz CT molecular complexity index is 304. The van der Waals surface area contributed by atoms with E-state index in [2.05, 4.69) is 31.4 Å². The van der Waals surface area contributed by atoms with E-state index in [4.69, 9.17) is 0 Å². The molecule has 1 aliphatic heterocycles. The summed E-state index contributed by atoms with van der Waals surface area (Å²) in [5.41, 5.74) is 1.09. The van der Waals surface area contributed by atoms with E-state index in [1.54, 1.807) is 0 Å². The molecule has 0 aromatic heterocycles. The van der Waals surface area contributed by atoms with E-state index in [0.717, 1.165) is 18.0 Å². The fourth-order valence-electron chi connectivity index (χ4n) is 4.93. The number of nitrogens with one attached hydrogen (secondary N) is 2. The Balaban J connectivity index is 1.67. The van der Waals surface area contributed by atoms with Gasteiger partial charge in [0.2, 0.25) is 0 Å². The van der Waals surface area contributed by atoms with Crippen molar-refractivity contribution < 1.29 is 0 Å². The highest BCUT2D eigenvalue weighted by atomic mass is 15.0. The third-order valence-corrected chi connectivity index (χ3v) is 6.81. The van der Waals surface area contributed by atoms with Crippen molar-refractivity contribution in [2.45, 2.75) is 71.4 Å². The molecule has 0 aromatic carbocycles. The van der Waals surface area contributed by atoms with Crippen molar-refractivity contribution in [1.82, 2.24) is 10.6 Å². The molecular formula is C16H30N2. The van der Waals surface area contributed by atoms with Crippen LogP contribution in [0.4, 0.5) is 0 Å². The van der Waals surface area contributed by atoms with Gasteiger partial charge in [-0.25, -0.2) is 0 Å².